The number of nitrogens with one attached hydrogen (secondary N) is 1. The molecule has 1 aromatic carbocycles. The van der Waals surface area contributed by atoms with Crippen molar-refractivity contribution in [2.75, 3.05) is 18.4 Å². The van der Waals surface area contributed by atoms with Crippen LogP contribution in [0.4, 0.5) is 5.69 Å². The van der Waals surface area contributed by atoms with Gasteiger partial charge in [0.05, 0.1) is 28.6 Å². The first-order valence-corrected chi connectivity index (χ1v) is 8.58. The van der Waals surface area contributed by atoms with E-state index in [9.17, 15) is 9.59 Å². The van der Waals surface area contributed by atoms with Crippen molar-refractivity contribution < 1.29 is 9.59 Å². The standard InChI is InChI=1S/C20H20N4O2/c1-14-19(23-13-25)10-18(12-22-14)20(26)24-8-6-17(7-9-24)16-4-2-15(11-21)3-5-16/h2-5,10,12-13,17H,6-9H2,1H3,(H,23,25). The number of carbonyl (C=O) groups excluding carboxylic acids is 2. The maximum absolute atomic E-state index is 12.7. The van der Waals surface area contributed by atoms with Gasteiger partial charge in [-0.15, -0.1) is 0 Å². The van der Waals surface area contributed by atoms with Crippen LogP contribution < -0.4 is 5.32 Å². The zero-order chi connectivity index (χ0) is 18.5. The molecule has 2 amide bonds. The fourth-order valence-corrected chi connectivity index (χ4v) is 3.29. The highest BCUT2D eigenvalue weighted by atomic mass is 16.2. The van der Waals surface area contributed by atoms with E-state index < -0.39 is 0 Å². The van der Waals surface area contributed by atoms with Crippen LogP contribution in [-0.4, -0.2) is 35.3 Å². The van der Waals surface area contributed by atoms with E-state index in [1.54, 1.807) is 19.2 Å². The first-order valence-electron chi connectivity index (χ1n) is 8.58. The van der Waals surface area contributed by atoms with Crippen LogP contribution in [0.1, 0.15) is 45.9 Å². The summed E-state index contributed by atoms with van der Waals surface area (Å²) in [5, 5.41) is 11.5. The fraction of sp³-hybridized carbons (Fsp3) is 0.300. The highest BCUT2D eigenvalue weighted by molar-refractivity contribution is 5.95. The molecule has 0 atom stereocenters. The number of aryl methyl sites for hydroxylation is 1. The zero-order valence-corrected chi connectivity index (χ0v) is 14.6. The van der Waals surface area contributed by atoms with Crippen LogP contribution in [0, 0.1) is 18.3 Å². The molecule has 0 bridgehead atoms. The summed E-state index contributed by atoms with van der Waals surface area (Å²) in [6, 6.07) is 11.5. The molecule has 26 heavy (non-hydrogen) atoms. The summed E-state index contributed by atoms with van der Waals surface area (Å²) >= 11 is 0. The van der Waals surface area contributed by atoms with E-state index >= 15 is 0 Å². The summed E-state index contributed by atoms with van der Waals surface area (Å²) in [6.07, 6.45) is 3.91. The number of benzene rings is 1. The lowest BCUT2D eigenvalue weighted by atomic mass is 9.89. The number of nitriles is 1. The molecular weight excluding hydrogens is 328 g/mol. The lowest BCUT2D eigenvalue weighted by Crippen LogP contribution is -2.38. The van der Waals surface area contributed by atoms with E-state index in [-0.39, 0.29) is 5.91 Å². The Hall–Kier alpha value is -3.20. The van der Waals surface area contributed by atoms with Crippen molar-refractivity contribution in [1.82, 2.24) is 9.88 Å². The number of aromatic nitrogens is 1. The van der Waals surface area contributed by atoms with Crippen LogP contribution in [-0.2, 0) is 4.79 Å². The van der Waals surface area contributed by atoms with Gasteiger partial charge in [-0.1, -0.05) is 12.1 Å². The third-order valence-electron chi connectivity index (χ3n) is 4.84. The lowest BCUT2D eigenvalue weighted by molar-refractivity contribution is -0.105. The summed E-state index contributed by atoms with van der Waals surface area (Å²) in [6.45, 7) is 3.13. The molecule has 0 spiro atoms. The molecule has 2 heterocycles. The monoisotopic (exact) mass is 348 g/mol. The minimum absolute atomic E-state index is 0.0651. The summed E-state index contributed by atoms with van der Waals surface area (Å²) in [4.78, 5) is 29.4. The Balaban J connectivity index is 1.65. The van der Waals surface area contributed by atoms with E-state index in [0.29, 0.717) is 47.9 Å². The van der Waals surface area contributed by atoms with Gasteiger partial charge in [-0.05, 0) is 49.4 Å². The number of amides is 2. The fourth-order valence-electron chi connectivity index (χ4n) is 3.29. The number of hydrogen-bond acceptors (Lipinski definition) is 4. The number of hydrogen-bond donors (Lipinski definition) is 1. The van der Waals surface area contributed by atoms with E-state index in [1.807, 2.05) is 29.2 Å². The quantitative estimate of drug-likeness (QED) is 0.861. The normalized spacial score (nSPS) is 14.5. The Bertz CT molecular complexity index is 847. The molecule has 1 fully saturated rings. The van der Waals surface area contributed by atoms with Crippen LogP contribution >= 0.6 is 0 Å². The molecule has 0 saturated carbocycles. The van der Waals surface area contributed by atoms with Gasteiger partial charge in [0.25, 0.3) is 5.91 Å². The zero-order valence-electron chi connectivity index (χ0n) is 14.6. The van der Waals surface area contributed by atoms with Crippen LogP contribution in [0.5, 0.6) is 0 Å². The maximum atomic E-state index is 12.7. The summed E-state index contributed by atoms with van der Waals surface area (Å²) in [5.74, 6) is 0.333. The van der Waals surface area contributed by atoms with Crippen molar-refractivity contribution in [2.45, 2.75) is 25.7 Å². The molecule has 1 saturated heterocycles. The van der Waals surface area contributed by atoms with Gasteiger partial charge >= 0.3 is 0 Å². The molecule has 3 rings (SSSR count). The smallest absolute Gasteiger partial charge is 0.255 e. The molecule has 6 nitrogen and oxygen atoms in total. The van der Waals surface area contributed by atoms with E-state index in [1.165, 1.54) is 5.56 Å². The van der Waals surface area contributed by atoms with Crippen molar-refractivity contribution in [1.29, 1.82) is 5.26 Å². The van der Waals surface area contributed by atoms with Gasteiger partial charge in [-0.3, -0.25) is 14.6 Å². The van der Waals surface area contributed by atoms with Gasteiger partial charge in [0.2, 0.25) is 6.41 Å². The number of carbonyl (C=O) groups is 2. The number of piperidine rings is 1. The third-order valence-corrected chi connectivity index (χ3v) is 4.84. The van der Waals surface area contributed by atoms with Crippen LogP contribution in [0.3, 0.4) is 0 Å². The molecule has 0 aliphatic carbocycles. The number of nitrogens with zero attached hydrogens (tertiary/aromatic N) is 3. The molecule has 0 unspecified atom stereocenters. The van der Waals surface area contributed by atoms with E-state index in [2.05, 4.69) is 16.4 Å². The lowest BCUT2D eigenvalue weighted by Gasteiger charge is -2.32. The van der Waals surface area contributed by atoms with E-state index in [4.69, 9.17) is 5.26 Å². The van der Waals surface area contributed by atoms with Crippen LogP contribution in [0.2, 0.25) is 0 Å². The Morgan fingerprint density at radius 1 is 1.31 bits per heavy atom. The summed E-state index contributed by atoms with van der Waals surface area (Å²) in [7, 11) is 0. The van der Waals surface area contributed by atoms with Gasteiger partial charge in [-0.25, -0.2) is 0 Å². The Kier molecular flexibility index (Phi) is 5.28. The highest BCUT2D eigenvalue weighted by Gasteiger charge is 2.25. The van der Waals surface area contributed by atoms with E-state index in [0.717, 1.165) is 12.8 Å². The molecule has 132 valence electrons. The molecule has 1 aliphatic rings. The third kappa shape index (κ3) is 3.72. The predicted octanol–water partition coefficient (Wildman–Crippen LogP) is 2.85. The minimum atomic E-state index is -0.0651. The van der Waals surface area contributed by atoms with Gasteiger partial charge < -0.3 is 10.2 Å². The van der Waals surface area contributed by atoms with Crippen molar-refractivity contribution in [3.63, 3.8) is 0 Å². The number of pyridine rings is 1. The van der Waals surface area contributed by atoms with Crippen LogP contribution in [0.15, 0.2) is 36.5 Å². The number of rotatable bonds is 4. The SMILES string of the molecule is Cc1ncc(C(=O)N2CCC(c3ccc(C#N)cc3)CC2)cc1NC=O. The molecule has 1 aliphatic heterocycles. The first-order chi connectivity index (χ1) is 12.6. The second kappa shape index (κ2) is 7.79. The maximum Gasteiger partial charge on any atom is 0.255 e. The number of likely N-dealkylation sites (tertiary alicyclic amines) is 1. The Morgan fingerprint density at radius 3 is 2.62 bits per heavy atom. The molecule has 0 radical (unpaired) electrons. The van der Waals surface area contributed by atoms with Crippen molar-refractivity contribution >= 4 is 18.0 Å². The molecule has 1 aromatic heterocycles. The topological polar surface area (TPSA) is 86.1 Å². The molecule has 6 heteroatoms. The average molecular weight is 348 g/mol. The minimum Gasteiger partial charge on any atom is -0.339 e. The number of anilines is 1. The van der Waals surface area contributed by atoms with Gasteiger partial charge in [0.1, 0.15) is 0 Å². The van der Waals surface area contributed by atoms with Gasteiger partial charge in [0.15, 0.2) is 0 Å². The second-order valence-corrected chi connectivity index (χ2v) is 6.42. The van der Waals surface area contributed by atoms with Gasteiger partial charge in [0, 0.05) is 19.3 Å². The van der Waals surface area contributed by atoms with Crippen molar-refractivity contribution in [2.24, 2.45) is 0 Å². The van der Waals surface area contributed by atoms with Gasteiger partial charge in [-0.2, -0.15) is 5.26 Å². The summed E-state index contributed by atoms with van der Waals surface area (Å²) < 4.78 is 0. The van der Waals surface area contributed by atoms with Crippen molar-refractivity contribution in [3.05, 3.63) is 58.9 Å². The van der Waals surface area contributed by atoms with Crippen LogP contribution in [0.25, 0.3) is 0 Å². The largest absolute Gasteiger partial charge is 0.339 e. The first kappa shape index (κ1) is 17.6. The Labute approximate surface area is 152 Å². The van der Waals surface area contributed by atoms with Crippen molar-refractivity contribution in [3.8, 4) is 6.07 Å². The molecular formula is C20H20N4O2. The highest BCUT2D eigenvalue weighted by Crippen LogP contribution is 2.29. The molecule has 1 N–H and O–H groups in total. The predicted molar refractivity (Wildman–Crippen MR) is 97.7 cm³/mol. The second-order valence-electron chi connectivity index (χ2n) is 6.42. The summed E-state index contributed by atoms with van der Waals surface area (Å²) in [5.41, 5.74) is 3.59. The Morgan fingerprint density at radius 2 is 2.00 bits per heavy atom. The average Bonchev–Trinajstić information content (AvgIpc) is 2.69. The molecule has 2 aromatic rings.